The molecule has 3 N–H and O–H groups in total. The zero-order valence-electron chi connectivity index (χ0n) is 15.4. The van der Waals surface area contributed by atoms with Gasteiger partial charge in [0.2, 0.25) is 5.95 Å². The molecule has 0 aliphatic heterocycles. The molecule has 6 heteroatoms. The SMILES string of the molecule is CN(c1ncc(C(N)=O)c(C2CCC2)n1)C1C2CC3CC1CC(O)(C3)C2. The van der Waals surface area contributed by atoms with Crippen molar-refractivity contribution in [1.29, 1.82) is 0 Å². The van der Waals surface area contributed by atoms with Gasteiger partial charge < -0.3 is 15.7 Å². The lowest BCUT2D eigenvalue weighted by Crippen LogP contribution is -2.61. The van der Waals surface area contributed by atoms with E-state index in [9.17, 15) is 9.90 Å². The van der Waals surface area contributed by atoms with Crippen LogP contribution in [0.4, 0.5) is 5.95 Å². The van der Waals surface area contributed by atoms with Gasteiger partial charge in [0.25, 0.3) is 5.91 Å². The molecule has 5 aliphatic rings. The van der Waals surface area contributed by atoms with E-state index in [0.29, 0.717) is 41.2 Å². The molecular formula is C20H28N4O2. The number of aromatic nitrogens is 2. The topological polar surface area (TPSA) is 92.3 Å². The number of amides is 1. The number of primary amides is 1. The molecule has 140 valence electrons. The molecule has 0 spiro atoms. The summed E-state index contributed by atoms with van der Waals surface area (Å²) in [5.41, 5.74) is 6.43. The number of carbonyl (C=O) groups is 1. The smallest absolute Gasteiger partial charge is 0.252 e. The van der Waals surface area contributed by atoms with E-state index in [1.54, 1.807) is 6.20 Å². The minimum atomic E-state index is -0.432. The second-order valence-electron chi connectivity index (χ2n) is 9.26. The highest BCUT2D eigenvalue weighted by molar-refractivity contribution is 5.93. The first kappa shape index (κ1) is 16.5. The van der Waals surface area contributed by atoms with Gasteiger partial charge in [-0.2, -0.15) is 0 Å². The summed E-state index contributed by atoms with van der Waals surface area (Å²) < 4.78 is 0. The van der Waals surface area contributed by atoms with Crippen LogP contribution in [0.2, 0.25) is 0 Å². The van der Waals surface area contributed by atoms with Crippen LogP contribution < -0.4 is 10.6 Å². The van der Waals surface area contributed by atoms with E-state index in [4.69, 9.17) is 10.7 Å². The Kier molecular flexibility index (Phi) is 3.58. The fourth-order valence-corrected chi connectivity index (χ4v) is 6.46. The van der Waals surface area contributed by atoms with Crippen molar-refractivity contribution >= 4 is 11.9 Å². The van der Waals surface area contributed by atoms with Gasteiger partial charge in [-0.1, -0.05) is 6.42 Å². The number of nitrogens with zero attached hydrogens (tertiary/aromatic N) is 3. The van der Waals surface area contributed by atoms with Gasteiger partial charge in [-0.3, -0.25) is 4.79 Å². The average molecular weight is 356 g/mol. The number of anilines is 1. The highest BCUT2D eigenvalue weighted by Crippen LogP contribution is 2.57. The average Bonchev–Trinajstić information content (AvgIpc) is 2.50. The van der Waals surface area contributed by atoms with Crippen molar-refractivity contribution in [3.05, 3.63) is 17.5 Å². The van der Waals surface area contributed by atoms with Crippen LogP contribution in [0.15, 0.2) is 6.20 Å². The Balaban J connectivity index is 1.45. The molecule has 5 saturated carbocycles. The predicted octanol–water partition coefficient (Wildman–Crippen LogP) is 2.22. The predicted molar refractivity (Wildman–Crippen MR) is 97.8 cm³/mol. The van der Waals surface area contributed by atoms with Crippen LogP contribution in [0, 0.1) is 17.8 Å². The molecule has 1 amide bonds. The standard InChI is InChI=1S/C20H28N4O2/c1-24(17-13-5-11-6-14(17)9-20(26,7-11)8-13)19-22-10-15(18(21)25)16(23-19)12-3-2-4-12/h10-14,17,26H,2-9H2,1H3,(H2,21,25). The van der Waals surface area contributed by atoms with E-state index in [2.05, 4.69) is 16.9 Å². The van der Waals surface area contributed by atoms with E-state index < -0.39 is 11.5 Å². The molecule has 0 aromatic carbocycles. The van der Waals surface area contributed by atoms with Crippen molar-refractivity contribution < 1.29 is 9.90 Å². The molecule has 6 rings (SSSR count). The number of rotatable bonds is 4. The second kappa shape index (κ2) is 5.65. The fourth-order valence-electron chi connectivity index (χ4n) is 6.46. The minimum absolute atomic E-state index is 0.340. The normalized spacial score (nSPS) is 38.2. The maximum Gasteiger partial charge on any atom is 0.252 e. The monoisotopic (exact) mass is 356 g/mol. The van der Waals surface area contributed by atoms with Crippen molar-refractivity contribution in [1.82, 2.24) is 9.97 Å². The second-order valence-corrected chi connectivity index (χ2v) is 9.26. The van der Waals surface area contributed by atoms with Crippen molar-refractivity contribution in [2.75, 3.05) is 11.9 Å². The first-order valence-corrected chi connectivity index (χ1v) is 10.1. The molecule has 0 saturated heterocycles. The summed E-state index contributed by atoms with van der Waals surface area (Å²) in [6.45, 7) is 0. The minimum Gasteiger partial charge on any atom is -0.390 e. The highest BCUT2D eigenvalue weighted by Gasteiger charge is 2.56. The molecule has 1 heterocycles. The molecule has 1 aromatic rings. The number of hydrogen-bond acceptors (Lipinski definition) is 5. The molecule has 6 nitrogen and oxygen atoms in total. The van der Waals surface area contributed by atoms with Crippen LogP contribution >= 0.6 is 0 Å². The summed E-state index contributed by atoms with van der Waals surface area (Å²) in [7, 11) is 2.08. The Morgan fingerprint density at radius 3 is 2.50 bits per heavy atom. The molecular weight excluding hydrogens is 328 g/mol. The lowest BCUT2D eigenvalue weighted by molar-refractivity contribution is -0.133. The molecule has 5 fully saturated rings. The maximum atomic E-state index is 11.8. The van der Waals surface area contributed by atoms with Gasteiger partial charge in [0, 0.05) is 25.2 Å². The van der Waals surface area contributed by atoms with E-state index in [1.165, 1.54) is 19.3 Å². The Morgan fingerprint density at radius 2 is 1.96 bits per heavy atom. The van der Waals surface area contributed by atoms with E-state index in [1.807, 2.05) is 0 Å². The Bertz CT molecular complexity index is 731. The highest BCUT2D eigenvalue weighted by atomic mass is 16.3. The van der Waals surface area contributed by atoms with Crippen LogP contribution in [0.25, 0.3) is 0 Å². The first-order chi connectivity index (χ1) is 12.4. The van der Waals surface area contributed by atoms with E-state index >= 15 is 0 Å². The summed E-state index contributed by atoms with van der Waals surface area (Å²) in [5, 5.41) is 10.8. The third-order valence-electron chi connectivity index (χ3n) is 7.52. The van der Waals surface area contributed by atoms with Gasteiger partial charge >= 0.3 is 0 Å². The van der Waals surface area contributed by atoms with Crippen LogP contribution in [-0.2, 0) is 0 Å². The van der Waals surface area contributed by atoms with E-state index in [0.717, 1.165) is 37.8 Å². The van der Waals surface area contributed by atoms with E-state index in [-0.39, 0.29) is 0 Å². The van der Waals surface area contributed by atoms with Crippen LogP contribution in [0.1, 0.15) is 73.3 Å². The van der Waals surface area contributed by atoms with Crippen LogP contribution in [0.3, 0.4) is 0 Å². The maximum absolute atomic E-state index is 11.8. The molecule has 2 unspecified atom stereocenters. The summed E-state index contributed by atoms with van der Waals surface area (Å²) in [6.07, 6.45) is 10.2. The van der Waals surface area contributed by atoms with Gasteiger partial charge in [0.1, 0.15) is 0 Å². The number of carbonyl (C=O) groups excluding carboxylic acids is 1. The quantitative estimate of drug-likeness (QED) is 0.863. The van der Waals surface area contributed by atoms with Gasteiger partial charge in [-0.05, 0) is 62.7 Å². The molecule has 0 radical (unpaired) electrons. The molecule has 5 aliphatic carbocycles. The molecule has 2 atom stereocenters. The zero-order chi connectivity index (χ0) is 18.1. The Hall–Kier alpha value is -1.69. The summed E-state index contributed by atoms with van der Waals surface area (Å²) in [4.78, 5) is 23.3. The summed E-state index contributed by atoms with van der Waals surface area (Å²) in [6, 6.07) is 0.389. The third kappa shape index (κ3) is 2.45. The van der Waals surface area contributed by atoms with Gasteiger partial charge in [0.15, 0.2) is 0 Å². The summed E-state index contributed by atoms with van der Waals surface area (Å²) in [5.74, 6) is 2.34. The molecule has 26 heavy (non-hydrogen) atoms. The Morgan fingerprint density at radius 1 is 1.27 bits per heavy atom. The van der Waals surface area contributed by atoms with Gasteiger partial charge in [-0.25, -0.2) is 9.97 Å². The molecule has 1 aromatic heterocycles. The van der Waals surface area contributed by atoms with Gasteiger partial charge in [0.05, 0.1) is 16.9 Å². The molecule has 4 bridgehead atoms. The van der Waals surface area contributed by atoms with Crippen molar-refractivity contribution in [2.45, 2.75) is 68.9 Å². The van der Waals surface area contributed by atoms with Crippen molar-refractivity contribution in [3.63, 3.8) is 0 Å². The first-order valence-electron chi connectivity index (χ1n) is 10.1. The lowest BCUT2D eigenvalue weighted by atomic mass is 9.52. The largest absolute Gasteiger partial charge is 0.390 e. The Labute approximate surface area is 154 Å². The third-order valence-corrected chi connectivity index (χ3v) is 7.52. The summed E-state index contributed by atoms with van der Waals surface area (Å²) >= 11 is 0. The van der Waals surface area contributed by atoms with Gasteiger partial charge in [-0.15, -0.1) is 0 Å². The fraction of sp³-hybridized carbons (Fsp3) is 0.750. The lowest BCUT2D eigenvalue weighted by Gasteiger charge is -2.59. The number of nitrogens with two attached hydrogens (primary N) is 1. The van der Waals surface area contributed by atoms with Crippen LogP contribution in [0.5, 0.6) is 0 Å². The zero-order valence-corrected chi connectivity index (χ0v) is 15.4. The van der Waals surface area contributed by atoms with Crippen LogP contribution in [-0.4, -0.2) is 39.7 Å². The van der Waals surface area contributed by atoms with Crippen molar-refractivity contribution in [2.24, 2.45) is 23.5 Å². The number of hydrogen-bond donors (Lipinski definition) is 2. The number of aliphatic hydroxyl groups is 1. The van der Waals surface area contributed by atoms with Crippen molar-refractivity contribution in [3.8, 4) is 0 Å².